The van der Waals surface area contributed by atoms with E-state index in [1.807, 2.05) is 36.4 Å². The second-order valence-electron chi connectivity index (χ2n) is 8.46. The van der Waals surface area contributed by atoms with Crippen molar-refractivity contribution in [1.29, 1.82) is 0 Å². The minimum absolute atomic E-state index is 0.0384. The number of amides is 1. The van der Waals surface area contributed by atoms with Gasteiger partial charge in [0.2, 0.25) is 0 Å². The van der Waals surface area contributed by atoms with E-state index in [1.165, 1.54) is 0 Å². The molecule has 1 heterocycles. The van der Waals surface area contributed by atoms with Gasteiger partial charge < -0.3 is 24.6 Å². The van der Waals surface area contributed by atoms with Crippen LogP contribution in [0.4, 0.5) is 0 Å². The minimum atomic E-state index is -0.873. The lowest BCUT2D eigenvalue weighted by Gasteiger charge is -2.23. The number of hydrogen-bond acceptors (Lipinski definition) is 7. The minimum Gasteiger partial charge on any atom is -0.458 e. The molecule has 0 aliphatic rings. The molecule has 3 aromatic rings. The predicted octanol–water partition coefficient (Wildman–Crippen LogP) is 3.95. The van der Waals surface area contributed by atoms with Gasteiger partial charge in [-0.3, -0.25) is 9.78 Å². The number of carbonyl (C=O) groups excluding carboxylic acids is 2. The summed E-state index contributed by atoms with van der Waals surface area (Å²) < 4.78 is 16.4. The summed E-state index contributed by atoms with van der Waals surface area (Å²) in [6.45, 7) is 6.26. The van der Waals surface area contributed by atoms with Crippen LogP contribution >= 0.6 is 0 Å². The van der Waals surface area contributed by atoms with Crippen LogP contribution in [-0.2, 0) is 20.9 Å². The molecule has 1 aromatic heterocycles. The summed E-state index contributed by atoms with van der Waals surface area (Å²) in [7, 11) is 0. The third kappa shape index (κ3) is 6.50. The maximum Gasteiger partial charge on any atom is 0.328 e. The van der Waals surface area contributed by atoms with Crippen molar-refractivity contribution in [1.82, 2.24) is 10.3 Å². The fourth-order valence-corrected chi connectivity index (χ4v) is 3.15. The molecule has 0 saturated heterocycles. The zero-order valence-corrected chi connectivity index (χ0v) is 19.1. The molecule has 0 fully saturated rings. The Balaban J connectivity index is 1.88. The van der Waals surface area contributed by atoms with Gasteiger partial charge in [0.05, 0.1) is 6.61 Å². The smallest absolute Gasteiger partial charge is 0.328 e. The van der Waals surface area contributed by atoms with Gasteiger partial charge >= 0.3 is 5.97 Å². The van der Waals surface area contributed by atoms with Crippen LogP contribution in [0.1, 0.15) is 43.7 Å². The fraction of sp³-hybridized carbons (Fsp3) is 0.320. The van der Waals surface area contributed by atoms with Crippen molar-refractivity contribution in [3.05, 3.63) is 66.0 Å². The molecular formula is C25H28N2O6. The number of esters is 1. The largest absolute Gasteiger partial charge is 0.458 e. The van der Waals surface area contributed by atoms with Crippen LogP contribution in [0.2, 0.25) is 0 Å². The monoisotopic (exact) mass is 452 g/mol. The molecule has 174 valence electrons. The maximum atomic E-state index is 12.9. The van der Waals surface area contributed by atoms with Crippen LogP contribution in [0.25, 0.3) is 10.8 Å². The maximum absolute atomic E-state index is 12.9. The quantitative estimate of drug-likeness (QED) is 0.394. The van der Waals surface area contributed by atoms with Gasteiger partial charge in [0.25, 0.3) is 5.91 Å². The molecule has 0 bridgehead atoms. The van der Waals surface area contributed by atoms with Crippen molar-refractivity contribution < 1.29 is 28.9 Å². The van der Waals surface area contributed by atoms with E-state index in [1.54, 1.807) is 46.0 Å². The van der Waals surface area contributed by atoms with Crippen LogP contribution in [-0.4, -0.2) is 40.4 Å². The number of hydrogen-bond donors (Lipinski definition) is 2. The number of carbonyl (C=O) groups is 2. The number of ether oxygens (including phenoxy) is 3. The molecule has 0 radical (unpaired) electrons. The van der Waals surface area contributed by atoms with Crippen molar-refractivity contribution in [2.75, 3.05) is 6.79 Å². The zero-order chi connectivity index (χ0) is 24.0. The van der Waals surface area contributed by atoms with Crippen molar-refractivity contribution in [2.24, 2.45) is 0 Å². The zero-order valence-electron chi connectivity index (χ0n) is 19.1. The lowest BCUT2D eigenvalue weighted by atomic mass is 10.0. The number of rotatable bonds is 8. The number of pyridine rings is 1. The Bertz CT molecular complexity index is 1120. The van der Waals surface area contributed by atoms with Gasteiger partial charge in [-0.2, -0.15) is 0 Å². The Labute approximate surface area is 192 Å². The van der Waals surface area contributed by atoms with Gasteiger partial charge in [0, 0.05) is 17.1 Å². The highest BCUT2D eigenvalue weighted by Gasteiger charge is 2.25. The van der Waals surface area contributed by atoms with Gasteiger partial charge in [-0.15, -0.1) is 0 Å². The molecule has 1 amide bonds. The van der Waals surface area contributed by atoms with Crippen LogP contribution in [0, 0.1) is 0 Å². The van der Waals surface area contributed by atoms with Gasteiger partial charge in [0.15, 0.2) is 0 Å². The van der Waals surface area contributed by atoms with E-state index in [0.29, 0.717) is 22.4 Å². The summed E-state index contributed by atoms with van der Waals surface area (Å²) in [5, 5.41) is 13.2. The molecule has 8 nitrogen and oxygen atoms in total. The Hall–Kier alpha value is -3.49. The molecule has 0 spiro atoms. The Kier molecular flexibility index (Phi) is 7.63. The Morgan fingerprint density at radius 2 is 1.82 bits per heavy atom. The molecular weight excluding hydrogens is 424 g/mol. The van der Waals surface area contributed by atoms with E-state index in [2.05, 4.69) is 10.3 Å². The first kappa shape index (κ1) is 24.2. The average Bonchev–Trinajstić information content (AvgIpc) is 2.76. The number of nitrogens with one attached hydrogen (secondary N) is 1. The number of para-hydroxylation sites is 1. The molecule has 8 heteroatoms. The number of nitrogens with zero attached hydrogens (tertiary/aromatic N) is 1. The first-order chi connectivity index (χ1) is 15.7. The number of fused-ring (bicyclic) bond motifs is 1. The topological polar surface area (TPSA) is 107 Å². The molecule has 33 heavy (non-hydrogen) atoms. The fourth-order valence-electron chi connectivity index (χ4n) is 3.15. The SMILES string of the molecule is C[C@H](NC(=O)c1ncc2cc(Oc3ccccc3)ccc2c1COCO)C(=O)OC(C)(C)C. The summed E-state index contributed by atoms with van der Waals surface area (Å²) in [6, 6.07) is 13.9. The summed E-state index contributed by atoms with van der Waals surface area (Å²) >= 11 is 0. The van der Waals surface area contributed by atoms with Crippen molar-refractivity contribution in [3.8, 4) is 11.5 Å². The van der Waals surface area contributed by atoms with E-state index in [0.717, 1.165) is 5.39 Å². The second-order valence-corrected chi connectivity index (χ2v) is 8.46. The highest BCUT2D eigenvalue weighted by atomic mass is 16.6. The van der Waals surface area contributed by atoms with Crippen LogP contribution < -0.4 is 10.1 Å². The summed E-state index contributed by atoms with van der Waals surface area (Å²) in [4.78, 5) is 29.5. The Morgan fingerprint density at radius 1 is 1.09 bits per heavy atom. The number of benzene rings is 2. The average molecular weight is 453 g/mol. The second kappa shape index (κ2) is 10.4. The number of aromatic nitrogens is 1. The normalized spacial score (nSPS) is 12.3. The van der Waals surface area contributed by atoms with E-state index in [4.69, 9.17) is 19.3 Å². The molecule has 3 rings (SSSR count). The molecule has 2 aromatic carbocycles. The van der Waals surface area contributed by atoms with E-state index in [9.17, 15) is 9.59 Å². The van der Waals surface area contributed by atoms with Gasteiger partial charge in [-0.05, 0) is 57.3 Å². The third-order valence-corrected chi connectivity index (χ3v) is 4.61. The van der Waals surface area contributed by atoms with Crippen molar-refractivity contribution in [3.63, 3.8) is 0 Å². The summed E-state index contributed by atoms with van der Waals surface area (Å²) in [6.07, 6.45) is 1.56. The molecule has 0 aliphatic heterocycles. The first-order valence-corrected chi connectivity index (χ1v) is 10.5. The van der Waals surface area contributed by atoms with E-state index >= 15 is 0 Å². The van der Waals surface area contributed by atoms with Gasteiger partial charge in [-0.1, -0.05) is 24.3 Å². The summed E-state index contributed by atoms with van der Waals surface area (Å²) in [5.41, 5.74) is -0.0820. The van der Waals surface area contributed by atoms with E-state index in [-0.39, 0.29) is 12.3 Å². The lowest BCUT2D eigenvalue weighted by molar-refractivity contribution is -0.156. The molecule has 2 N–H and O–H groups in total. The predicted molar refractivity (Wildman–Crippen MR) is 123 cm³/mol. The molecule has 0 aliphatic carbocycles. The molecule has 1 atom stereocenters. The number of aliphatic hydroxyl groups excluding tert-OH is 1. The van der Waals surface area contributed by atoms with Gasteiger partial charge in [0.1, 0.15) is 35.6 Å². The standard InChI is InChI=1S/C25H28N2O6/c1-16(24(30)33-25(2,3)4)27-23(29)22-21(14-31-15-28)20-11-10-19(12-17(20)13-26-22)32-18-8-6-5-7-9-18/h5-13,16,28H,14-15H2,1-4H3,(H,27,29)/t16-/m0/s1. The third-order valence-electron chi connectivity index (χ3n) is 4.61. The van der Waals surface area contributed by atoms with Crippen LogP contribution in [0.5, 0.6) is 11.5 Å². The van der Waals surface area contributed by atoms with Crippen molar-refractivity contribution >= 4 is 22.6 Å². The first-order valence-electron chi connectivity index (χ1n) is 10.5. The van der Waals surface area contributed by atoms with E-state index < -0.39 is 30.3 Å². The molecule has 0 saturated carbocycles. The summed E-state index contributed by atoms with van der Waals surface area (Å²) in [5.74, 6) is 0.213. The van der Waals surface area contributed by atoms with Crippen molar-refractivity contribution in [2.45, 2.75) is 45.9 Å². The van der Waals surface area contributed by atoms with Crippen LogP contribution in [0.3, 0.4) is 0 Å². The molecule has 0 unspecified atom stereocenters. The Morgan fingerprint density at radius 3 is 2.48 bits per heavy atom. The number of aliphatic hydroxyl groups is 1. The van der Waals surface area contributed by atoms with Crippen LogP contribution in [0.15, 0.2) is 54.7 Å². The van der Waals surface area contributed by atoms with Gasteiger partial charge in [-0.25, -0.2) is 4.79 Å². The highest BCUT2D eigenvalue weighted by molar-refractivity contribution is 6.01. The highest BCUT2D eigenvalue weighted by Crippen LogP contribution is 2.28. The lowest BCUT2D eigenvalue weighted by Crippen LogP contribution is -2.42.